The van der Waals surface area contributed by atoms with Gasteiger partial charge in [0.05, 0.1) is 22.3 Å². The van der Waals surface area contributed by atoms with E-state index < -0.39 is 41.1 Å². The van der Waals surface area contributed by atoms with Crippen molar-refractivity contribution in [1.82, 2.24) is 14.5 Å². The van der Waals surface area contributed by atoms with E-state index in [1.807, 2.05) is 0 Å². The molecular weight excluding hydrogens is 517 g/mol. The largest absolute Gasteiger partial charge is 0.486 e. The summed E-state index contributed by atoms with van der Waals surface area (Å²) in [6, 6.07) is 5.06. The van der Waals surface area contributed by atoms with Gasteiger partial charge in [-0.05, 0) is 56.0 Å². The Labute approximate surface area is 210 Å². The fourth-order valence-electron chi connectivity index (χ4n) is 4.52. The summed E-state index contributed by atoms with van der Waals surface area (Å²) in [6.45, 7) is 1.22. The van der Waals surface area contributed by atoms with Gasteiger partial charge in [0.1, 0.15) is 18.0 Å². The second-order valence-electron chi connectivity index (χ2n) is 8.89. The lowest BCUT2D eigenvalue weighted by molar-refractivity contribution is -0.137. The molecule has 5 rings (SSSR count). The van der Waals surface area contributed by atoms with E-state index >= 15 is 0 Å². The highest BCUT2D eigenvalue weighted by molar-refractivity contribution is 7.19. The van der Waals surface area contributed by atoms with Crippen LogP contribution in [0.1, 0.15) is 35.3 Å². The monoisotopic (exact) mass is 537 g/mol. The molecule has 1 aliphatic rings. The van der Waals surface area contributed by atoms with Crippen LogP contribution in [0.25, 0.3) is 21.3 Å². The van der Waals surface area contributed by atoms with Crippen LogP contribution in [0.2, 0.25) is 0 Å². The summed E-state index contributed by atoms with van der Waals surface area (Å²) in [5, 5.41) is 0. The van der Waals surface area contributed by atoms with Crippen molar-refractivity contribution in [1.29, 1.82) is 0 Å². The van der Waals surface area contributed by atoms with E-state index in [2.05, 4.69) is 9.97 Å². The molecule has 0 aliphatic heterocycles. The van der Waals surface area contributed by atoms with Crippen molar-refractivity contribution in [3.8, 4) is 16.9 Å². The number of alkyl halides is 4. The number of hydrogen-bond donors (Lipinski definition) is 1. The van der Waals surface area contributed by atoms with Crippen molar-refractivity contribution in [3.63, 3.8) is 0 Å². The third-order valence-electron chi connectivity index (χ3n) is 6.33. The molecule has 3 aromatic heterocycles. The highest BCUT2D eigenvalue weighted by atomic mass is 32.1. The number of benzene rings is 1. The van der Waals surface area contributed by atoms with Crippen molar-refractivity contribution in [2.45, 2.75) is 51.2 Å². The maximum atomic E-state index is 14.4. The fourth-order valence-corrected chi connectivity index (χ4v) is 5.65. The zero-order valence-corrected chi connectivity index (χ0v) is 20.2. The molecule has 12 heteroatoms. The van der Waals surface area contributed by atoms with E-state index in [1.54, 1.807) is 6.07 Å². The molecule has 0 saturated heterocycles. The maximum Gasteiger partial charge on any atom is 0.416 e. The number of ether oxygens (including phenoxy) is 1. The number of thiophene rings is 1. The Morgan fingerprint density at radius 3 is 2.68 bits per heavy atom. The van der Waals surface area contributed by atoms with Crippen LogP contribution in [-0.2, 0) is 12.7 Å². The topological polar surface area (TPSA) is 77.0 Å². The Balaban J connectivity index is 1.65. The van der Waals surface area contributed by atoms with Crippen molar-refractivity contribution >= 4 is 21.6 Å². The van der Waals surface area contributed by atoms with Crippen LogP contribution >= 0.6 is 11.3 Å². The van der Waals surface area contributed by atoms with Gasteiger partial charge in [-0.2, -0.15) is 17.6 Å². The van der Waals surface area contributed by atoms with Crippen molar-refractivity contribution in [2.75, 3.05) is 0 Å². The molecule has 2 atom stereocenters. The SMILES string of the molecule is Cc1cc(C(F)(F)F)cc(-c2ccnc3cc(Cn4c(=O)[nH]cc(F)c4=O)sc23)c1O[C@@H]1CCC[C@@H]1F. The summed E-state index contributed by atoms with van der Waals surface area (Å²) in [4.78, 5) is 31.1. The number of nitrogens with one attached hydrogen (secondary N) is 1. The van der Waals surface area contributed by atoms with E-state index in [-0.39, 0.29) is 23.4 Å². The molecule has 0 radical (unpaired) electrons. The van der Waals surface area contributed by atoms with E-state index in [0.717, 1.165) is 23.5 Å². The number of aryl methyl sites for hydroxylation is 1. The second kappa shape index (κ2) is 9.40. The molecule has 3 heterocycles. The number of hydrogen-bond acceptors (Lipinski definition) is 5. The molecule has 194 valence electrons. The number of pyridine rings is 1. The number of aromatic nitrogens is 3. The Morgan fingerprint density at radius 2 is 1.97 bits per heavy atom. The van der Waals surface area contributed by atoms with Gasteiger partial charge in [0, 0.05) is 28.4 Å². The lowest BCUT2D eigenvalue weighted by Gasteiger charge is -2.22. The summed E-state index contributed by atoms with van der Waals surface area (Å²) in [6.07, 6.45) is -3.12. The Morgan fingerprint density at radius 1 is 1.19 bits per heavy atom. The van der Waals surface area contributed by atoms with Crippen molar-refractivity contribution < 1.29 is 26.7 Å². The quantitative estimate of drug-likeness (QED) is 0.337. The van der Waals surface area contributed by atoms with Gasteiger partial charge < -0.3 is 9.72 Å². The van der Waals surface area contributed by atoms with E-state index in [9.17, 15) is 31.5 Å². The molecule has 0 spiro atoms. The van der Waals surface area contributed by atoms with Crippen LogP contribution in [0, 0.1) is 12.7 Å². The first kappa shape index (κ1) is 25.1. The molecule has 1 fully saturated rings. The Hall–Kier alpha value is -3.54. The first-order valence-electron chi connectivity index (χ1n) is 11.4. The fraction of sp³-hybridized carbons (Fsp3) is 0.320. The van der Waals surface area contributed by atoms with Gasteiger partial charge in [-0.25, -0.2) is 9.18 Å². The number of aromatic amines is 1. The maximum absolute atomic E-state index is 14.4. The highest BCUT2D eigenvalue weighted by Crippen LogP contribution is 2.44. The number of fused-ring (bicyclic) bond motifs is 1. The minimum absolute atomic E-state index is 0.132. The van der Waals surface area contributed by atoms with E-state index in [4.69, 9.17) is 4.74 Å². The van der Waals surface area contributed by atoms with E-state index in [0.29, 0.717) is 50.7 Å². The minimum Gasteiger partial charge on any atom is -0.486 e. The molecule has 6 nitrogen and oxygen atoms in total. The zero-order valence-electron chi connectivity index (χ0n) is 19.4. The average molecular weight is 538 g/mol. The molecular formula is C25H20F5N3O3S. The molecule has 1 aliphatic carbocycles. The smallest absolute Gasteiger partial charge is 0.416 e. The molecule has 37 heavy (non-hydrogen) atoms. The standard InChI is InChI=1S/C25H20F5N3O3S/c1-12-7-13(25(28,29)30)8-16(21(12)36-20-4-2-3-17(20)26)15-5-6-31-19-9-14(37-22(15)19)11-33-23(34)18(27)10-32-24(33)35/h5-10,17,20H,2-4,11H2,1H3,(H,32,35)/t17-,20+/m0/s1. The van der Waals surface area contributed by atoms with Crippen molar-refractivity contribution in [2.24, 2.45) is 0 Å². The molecule has 0 bridgehead atoms. The normalized spacial score (nSPS) is 18.0. The average Bonchev–Trinajstić information content (AvgIpc) is 3.45. The van der Waals surface area contributed by atoms with Gasteiger partial charge in [0.15, 0.2) is 0 Å². The first-order valence-corrected chi connectivity index (χ1v) is 12.2. The van der Waals surface area contributed by atoms with Crippen LogP contribution in [0.4, 0.5) is 22.0 Å². The number of rotatable bonds is 5. The van der Waals surface area contributed by atoms with Gasteiger partial charge in [-0.1, -0.05) is 0 Å². The summed E-state index contributed by atoms with van der Waals surface area (Å²) in [5.41, 5.74) is -1.66. The number of nitrogens with zero attached hydrogens (tertiary/aromatic N) is 2. The Bertz CT molecular complexity index is 1610. The predicted molar refractivity (Wildman–Crippen MR) is 128 cm³/mol. The molecule has 1 aromatic carbocycles. The van der Waals surface area contributed by atoms with E-state index in [1.165, 1.54) is 19.2 Å². The minimum atomic E-state index is -4.62. The number of halogens is 5. The van der Waals surface area contributed by atoms with Gasteiger partial charge in [0.25, 0.3) is 5.56 Å². The first-order chi connectivity index (χ1) is 17.5. The van der Waals surface area contributed by atoms with Crippen LogP contribution < -0.4 is 16.0 Å². The summed E-state index contributed by atoms with van der Waals surface area (Å²) in [5.74, 6) is -0.971. The summed E-state index contributed by atoms with van der Waals surface area (Å²) < 4.78 is 76.4. The van der Waals surface area contributed by atoms with Crippen LogP contribution in [0.3, 0.4) is 0 Å². The highest BCUT2D eigenvalue weighted by Gasteiger charge is 2.34. The molecule has 0 amide bonds. The van der Waals surface area contributed by atoms with Gasteiger partial charge in [-0.15, -0.1) is 11.3 Å². The van der Waals surface area contributed by atoms with Crippen LogP contribution in [0.15, 0.2) is 46.2 Å². The molecule has 4 aromatic rings. The molecule has 1 N–H and O–H groups in total. The lowest BCUT2D eigenvalue weighted by Crippen LogP contribution is -2.36. The summed E-state index contributed by atoms with van der Waals surface area (Å²) >= 11 is 1.10. The number of H-pyrrole nitrogens is 1. The Kier molecular flexibility index (Phi) is 6.38. The third-order valence-corrected chi connectivity index (χ3v) is 7.47. The molecule has 0 unspecified atom stereocenters. The summed E-state index contributed by atoms with van der Waals surface area (Å²) in [7, 11) is 0. The van der Waals surface area contributed by atoms with Gasteiger partial charge in [0.2, 0.25) is 5.82 Å². The molecule has 1 saturated carbocycles. The lowest BCUT2D eigenvalue weighted by atomic mass is 9.98. The second-order valence-corrected chi connectivity index (χ2v) is 10.0. The van der Waals surface area contributed by atoms with Crippen LogP contribution in [0.5, 0.6) is 5.75 Å². The third kappa shape index (κ3) is 4.77. The predicted octanol–water partition coefficient (Wildman–Crippen LogP) is 5.60. The van der Waals surface area contributed by atoms with Crippen LogP contribution in [-0.4, -0.2) is 26.8 Å². The van der Waals surface area contributed by atoms with Crippen molar-refractivity contribution in [3.05, 3.63) is 79.3 Å². The van der Waals surface area contributed by atoms with Gasteiger partial charge >= 0.3 is 11.9 Å². The zero-order chi connectivity index (χ0) is 26.5. The van der Waals surface area contributed by atoms with Gasteiger partial charge in [-0.3, -0.25) is 14.3 Å².